The van der Waals surface area contributed by atoms with Crippen molar-refractivity contribution in [2.75, 3.05) is 51.3 Å². The zero-order valence-corrected chi connectivity index (χ0v) is 20.4. The number of benzene rings is 3. The topological polar surface area (TPSA) is 32.7 Å². The number of nitrogens with zero attached hydrogens (tertiary/aromatic N) is 2. The summed E-state index contributed by atoms with van der Waals surface area (Å²) in [6, 6.07) is 25.8. The summed E-state index contributed by atoms with van der Waals surface area (Å²) in [6.45, 7) is 4.86. The predicted molar refractivity (Wildman–Crippen MR) is 136 cm³/mol. The van der Waals surface area contributed by atoms with Gasteiger partial charge in [-0.05, 0) is 47.5 Å². The highest BCUT2D eigenvalue weighted by molar-refractivity contribution is 6.30. The first-order chi connectivity index (χ1) is 15.9. The minimum Gasteiger partial charge on any atom is -0.385 e. The standard InChI is InChI=1S/C27H31Cl2N2O2/c1-31(17-15-30(16-18-31)25-5-3-2-4-6-25)19-26(32)20-33-27(21-7-11-23(28)12-8-21)22-9-13-24(29)14-10-22/h2-14,26-27,32H,15-20H2,1H3/q+1/t26-/m0/s1. The Kier molecular flexibility index (Phi) is 7.94. The Labute approximate surface area is 206 Å². The number of halogens is 2. The summed E-state index contributed by atoms with van der Waals surface area (Å²) in [5.41, 5.74) is 3.25. The van der Waals surface area contributed by atoms with Crippen molar-refractivity contribution < 1.29 is 14.3 Å². The van der Waals surface area contributed by atoms with Gasteiger partial charge in [0.1, 0.15) is 18.8 Å². The number of rotatable bonds is 8. The SMILES string of the molecule is C[N+]1(C[C@H](O)COC(c2ccc(Cl)cc2)c2ccc(Cl)cc2)CCN(c2ccccc2)CC1. The molecule has 4 rings (SSSR count). The molecule has 0 unspecified atom stereocenters. The van der Waals surface area contributed by atoms with Crippen molar-refractivity contribution in [1.29, 1.82) is 0 Å². The molecule has 0 aliphatic carbocycles. The molecule has 3 aromatic carbocycles. The number of quaternary nitrogens is 1. The molecule has 6 heteroatoms. The van der Waals surface area contributed by atoms with Crippen LogP contribution in [0.4, 0.5) is 5.69 Å². The molecule has 4 nitrogen and oxygen atoms in total. The lowest BCUT2D eigenvalue weighted by Crippen LogP contribution is -2.60. The van der Waals surface area contributed by atoms with Gasteiger partial charge in [-0.15, -0.1) is 0 Å². The third-order valence-electron chi connectivity index (χ3n) is 6.39. The lowest BCUT2D eigenvalue weighted by atomic mass is 10.0. The van der Waals surface area contributed by atoms with Gasteiger partial charge in [0.05, 0.1) is 39.8 Å². The molecule has 174 valence electrons. The molecule has 0 saturated carbocycles. The zero-order chi connectivity index (χ0) is 23.3. The first kappa shape index (κ1) is 24.1. The number of aliphatic hydroxyl groups excluding tert-OH is 1. The molecule has 0 radical (unpaired) electrons. The van der Waals surface area contributed by atoms with E-state index in [-0.39, 0.29) is 12.7 Å². The first-order valence-electron chi connectivity index (χ1n) is 11.4. The van der Waals surface area contributed by atoms with Gasteiger partial charge in [0.25, 0.3) is 0 Å². The number of hydrogen-bond acceptors (Lipinski definition) is 3. The minimum atomic E-state index is -0.555. The van der Waals surface area contributed by atoms with Crippen molar-refractivity contribution in [2.45, 2.75) is 12.2 Å². The molecular formula is C27H31Cl2N2O2+. The Morgan fingerprint density at radius 2 is 1.36 bits per heavy atom. The van der Waals surface area contributed by atoms with E-state index in [9.17, 15) is 5.11 Å². The number of piperazine rings is 1. The molecule has 1 aliphatic rings. The maximum Gasteiger partial charge on any atom is 0.126 e. The van der Waals surface area contributed by atoms with Crippen LogP contribution in [0.3, 0.4) is 0 Å². The van der Waals surface area contributed by atoms with Crippen LogP contribution in [0, 0.1) is 0 Å². The van der Waals surface area contributed by atoms with Gasteiger partial charge in [-0.2, -0.15) is 0 Å². The molecule has 1 atom stereocenters. The number of aliphatic hydroxyl groups is 1. The number of ether oxygens (including phenoxy) is 1. The Balaban J connectivity index is 1.36. The second-order valence-corrected chi connectivity index (χ2v) is 9.92. The van der Waals surface area contributed by atoms with Crippen LogP contribution in [-0.4, -0.2) is 62.1 Å². The van der Waals surface area contributed by atoms with E-state index in [1.165, 1.54) is 5.69 Å². The van der Waals surface area contributed by atoms with Crippen molar-refractivity contribution >= 4 is 28.9 Å². The van der Waals surface area contributed by atoms with Crippen molar-refractivity contribution in [3.63, 3.8) is 0 Å². The number of anilines is 1. The van der Waals surface area contributed by atoms with Gasteiger partial charge >= 0.3 is 0 Å². The monoisotopic (exact) mass is 485 g/mol. The Bertz CT molecular complexity index is 959. The maximum atomic E-state index is 10.9. The second-order valence-electron chi connectivity index (χ2n) is 9.04. The zero-order valence-electron chi connectivity index (χ0n) is 18.9. The van der Waals surface area contributed by atoms with Gasteiger partial charge in [-0.1, -0.05) is 65.7 Å². The van der Waals surface area contributed by atoms with Crippen LogP contribution in [0.25, 0.3) is 0 Å². The summed E-state index contributed by atoms with van der Waals surface area (Å²) >= 11 is 12.2. The summed E-state index contributed by atoms with van der Waals surface area (Å²) < 4.78 is 7.11. The van der Waals surface area contributed by atoms with Crippen molar-refractivity contribution in [1.82, 2.24) is 0 Å². The quantitative estimate of drug-likeness (QED) is 0.432. The van der Waals surface area contributed by atoms with Crippen LogP contribution in [0.15, 0.2) is 78.9 Å². The third kappa shape index (κ3) is 6.50. The van der Waals surface area contributed by atoms with Gasteiger partial charge in [0.15, 0.2) is 0 Å². The van der Waals surface area contributed by atoms with E-state index in [1.54, 1.807) is 0 Å². The molecule has 1 heterocycles. The summed E-state index contributed by atoms with van der Waals surface area (Å²) in [6.07, 6.45) is -0.852. The van der Waals surface area contributed by atoms with E-state index in [1.807, 2.05) is 54.6 Å². The Morgan fingerprint density at radius 1 is 0.848 bits per heavy atom. The van der Waals surface area contributed by atoms with Crippen LogP contribution in [0.1, 0.15) is 17.2 Å². The van der Waals surface area contributed by atoms with Crippen molar-refractivity contribution in [3.8, 4) is 0 Å². The van der Waals surface area contributed by atoms with Crippen LogP contribution in [0.5, 0.6) is 0 Å². The lowest BCUT2D eigenvalue weighted by molar-refractivity contribution is -0.913. The normalized spacial score (nSPS) is 16.7. The van der Waals surface area contributed by atoms with Gasteiger partial charge in [0.2, 0.25) is 0 Å². The molecule has 1 aliphatic heterocycles. The lowest BCUT2D eigenvalue weighted by Gasteiger charge is -2.43. The highest BCUT2D eigenvalue weighted by atomic mass is 35.5. The molecule has 3 aromatic rings. The van der Waals surface area contributed by atoms with Gasteiger partial charge in [-0.25, -0.2) is 0 Å². The van der Waals surface area contributed by atoms with Crippen LogP contribution in [-0.2, 0) is 4.74 Å². The largest absolute Gasteiger partial charge is 0.385 e. The highest BCUT2D eigenvalue weighted by Crippen LogP contribution is 2.29. The van der Waals surface area contributed by atoms with Gasteiger partial charge in [0, 0.05) is 15.7 Å². The Hall–Kier alpha value is -2.08. The van der Waals surface area contributed by atoms with E-state index in [0.29, 0.717) is 16.6 Å². The smallest absolute Gasteiger partial charge is 0.126 e. The fraction of sp³-hybridized carbons (Fsp3) is 0.333. The van der Waals surface area contributed by atoms with Crippen LogP contribution in [0.2, 0.25) is 10.0 Å². The van der Waals surface area contributed by atoms with E-state index < -0.39 is 6.10 Å². The van der Waals surface area contributed by atoms with E-state index in [2.05, 4.69) is 36.2 Å². The van der Waals surface area contributed by atoms with Crippen molar-refractivity contribution in [3.05, 3.63) is 100 Å². The summed E-state index contributed by atoms with van der Waals surface area (Å²) in [5.74, 6) is 0. The third-order valence-corrected chi connectivity index (χ3v) is 6.90. The number of likely N-dealkylation sites (N-methyl/N-ethyl adjacent to an activating group) is 1. The molecule has 1 saturated heterocycles. The molecule has 1 N–H and O–H groups in total. The predicted octanol–water partition coefficient (Wildman–Crippen LogP) is 5.43. The van der Waals surface area contributed by atoms with Crippen LogP contribution < -0.4 is 4.90 Å². The molecule has 0 amide bonds. The fourth-order valence-electron chi connectivity index (χ4n) is 4.46. The number of hydrogen-bond donors (Lipinski definition) is 1. The van der Waals surface area contributed by atoms with Crippen LogP contribution >= 0.6 is 23.2 Å². The van der Waals surface area contributed by atoms with E-state index in [0.717, 1.165) is 41.8 Å². The fourth-order valence-corrected chi connectivity index (χ4v) is 4.71. The molecule has 0 bridgehead atoms. The van der Waals surface area contributed by atoms with E-state index in [4.69, 9.17) is 27.9 Å². The van der Waals surface area contributed by atoms with Crippen molar-refractivity contribution in [2.24, 2.45) is 0 Å². The number of para-hydroxylation sites is 1. The summed E-state index contributed by atoms with van der Waals surface area (Å²) in [7, 11) is 2.22. The average Bonchev–Trinajstić information content (AvgIpc) is 2.82. The molecule has 0 aromatic heterocycles. The molecule has 1 fully saturated rings. The van der Waals surface area contributed by atoms with Gasteiger partial charge < -0.3 is 19.2 Å². The molecule has 0 spiro atoms. The first-order valence-corrected chi connectivity index (χ1v) is 12.1. The summed E-state index contributed by atoms with van der Waals surface area (Å²) in [5, 5.41) is 12.2. The summed E-state index contributed by atoms with van der Waals surface area (Å²) in [4.78, 5) is 2.42. The minimum absolute atomic E-state index is 0.256. The van der Waals surface area contributed by atoms with E-state index >= 15 is 0 Å². The maximum absolute atomic E-state index is 10.9. The Morgan fingerprint density at radius 3 is 1.88 bits per heavy atom. The molecule has 33 heavy (non-hydrogen) atoms. The van der Waals surface area contributed by atoms with Gasteiger partial charge in [-0.3, -0.25) is 0 Å². The average molecular weight is 486 g/mol. The molecular weight excluding hydrogens is 455 g/mol. The second kappa shape index (κ2) is 10.9. The highest BCUT2D eigenvalue weighted by Gasteiger charge is 2.31.